The molecule has 0 saturated carbocycles. The van der Waals surface area contributed by atoms with Crippen LogP contribution in [0.4, 0.5) is 5.69 Å². The molecule has 4 heteroatoms. The summed E-state index contributed by atoms with van der Waals surface area (Å²) in [4.78, 5) is 12.9. The third kappa shape index (κ3) is 3.75. The van der Waals surface area contributed by atoms with E-state index >= 15 is 0 Å². The Labute approximate surface area is 102 Å². The number of hydrogen-bond donors (Lipinski definition) is 2. The molecule has 1 aromatic rings. The van der Waals surface area contributed by atoms with Crippen LogP contribution in [0.2, 0.25) is 0 Å². The van der Waals surface area contributed by atoms with Gasteiger partial charge in [-0.05, 0) is 38.0 Å². The normalized spacial score (nSPS) is 12.2. The molecule has 4 nitrogen and oxygen atoms in total. The highest BCUT2D eigenvalue weighted by Gasteiger charge is 2.12. The minimum absolute atomic E-state index is 0.369. The van der Waals surface area contributed by atoms with E-state index in [0.717, 1.165) is 24.3 Å². The summed E-state index contributed by atoms with van der Waals surface area (Å²) in [6.07, 6.45) is 0.369. The molecule has 0 aromatic heterocycles. The molecule has 0 heterocycles. The van der Waals surface area contributed by atoms with Gasteiger partial charge in [0, 0.05) is 18.8 Å². The predicted molar refractivity (Wildman–Crippen MR) is 69.3 cm³/mol. The zero-order valence-electron chi connectivity index (χ0n) is 10.4. The highest BCUT2D eigenvalue weighted by molar-refractivity contribution is 5.73. The second kappa shape index (κ2) is 6.25. The molecule has 0 aliphatic heterocycles. The summed E-state index contributed by atoms with van der Waals surface area (Å²) in [5.74, 6) is -0.960. The maximum Gasteiger partial charge on any atom is 0.320 e. The van der Waals surface area contributed by atoms with Crippen LogP contribution in [0.5, 0.6) is 0 Å². The van der Waals surface area contributed by atoms with Crippen LogP contribution in [-0.2, 0) is 11.2 Å². The standard InChI is InChI=1S/C13H20N2O2/c1-3-15(4-2)11-7-5-10(6-8-11)9-12(14)13(16)17/h5-8,12H,3-4,9,14H2,1-2H3,(H,16,17). The minimum atomic E-state index is -0.960. The molecular formula is C13H20N2O2. The Morgan fingerprint density at radius 1 is 1.29 bits per heavy atom. The van der Waals surface area contributed by atoms with E-state index in [9.17, 15) is 4.79 Å². The van der Waals surface area contributed by atoms with Gasteiger partial charge < -0.3 is 15.7 Å². The fourth-order valence-corrected chi connectivity index (χ4v) is 1.77. The molecule has 1 aromatic carbocycles. The van der Waals surface area contributed by atoms with Gasteiger partial charge in [-0.25, -0.2) is 0 Å². The van der Waals surface area contributed by atoms with Crippen LogP contribution in [-0.4, -0.2) is 30.2 Å². The largest absolute Gasteiger partial charge is 0.480 e. The van der Waals surface area contributed by atoms with Crippen LogP contribution in [0, 0.1) is 0 Å². The van der Waals surface area contributed by atoms with Crippen LogP contribution < -0.4 is 10.6 Å². The van der Waals surface area contributed by atoms with Crippen LogP contribution in [0.15, 0.2) is 24.3 Å². The topological polar surface area (TPSA) is 66.6 Å². The lowest BCUT2D eigenvalue weighted by Gasteiger charge is -2.21. The van der Waals surface area contributed by atoms with Gasteiger partial charge in [0.05, 0.1) is 0 Å². The zero-order chi connectivity index (χ0) is 12.8. The van der Waals surface area contributed by atoms with E-state index in [4.69, 9.17) is 10.8 Å². The maximum atomic E-state index is 10.6. The molecule has 0 amide bonds. The van der Waals surface area contributed by atoms with Crippen molar-refractivity contribution in [2.45, 2.75) is 26.3 Å². The van der Waals surface area contributed by atoms with E-state index in [2.05, 4.69) is 18.7 Å². The molecule has 0 spiro atoms. The fraction of sp³-hybridized carbons (Fsp3) is 0.462. The van der Waals surface area contributed by atoms with Gasteiger partial charge in [0.2, 0.25) is 0 Å². The number of benzene rings is 1. The zero-order valence-corrected chi connectivity index (χ0v) is 10.4. The Bertz CT molecular complexity index is 358. The molecule has 0 radical (unpaired) electrons. The first-order valence-electron chi connectivity index (χ1n) is 5.90. The predicted octanol–water partition coefficient (Wildman–Crippen LogP) is 1.49. The molecule has 94 valence electrons. The van der Waals surface area contributed by atoms with Gasteiger partial charge in [0.15, 0.2) is 0 Å². The first-order valence-corrected chi connectivity index (χ1v) is 5.90. The quantitative estimate of drug-likeness (QED) is 0.785. The van der Waals surface area contributed by atoms with Crippen molar-refractivity contribution in [1.82, 2.24) is 0 Å². The van der Waals surface area contributed by atoms with Gasteiger partial charge in [-0.15, -0.1) is 0 Å². The van der Waals surface area contributed by atoms with Gasteiger partial charge in [0.25, 0.3) is 0 Å². The highest BCUT2D eigenvalue weighted by atomic mass is 16.4. The summed E-state index contributed by atoms with van der Waals surface area (Å²) in [6, 6.07) is 7.08. The molecule has 3 N–H and O–H groups in total. The molecule has 1 unspecified atom stereocenters. The van der Waals surface area contributed by atoms with E-state index in [1.807, 2.05) is 24.3 Å². The Hall–Kier alpha value is -1.55. The van der Waals surface area contributed by atoms with E-state index in [0.29, 0.717) is 6.42 Å². The average molecular weight is 236 g/mol. The SMILES string of the molecule is CCN(CC)c1ccc(CC(N)C(=O)O)cc1. The number of rotatable bonds is 6. The second-order valence-electron chi connectivity index (χ2n) is 3.99. The molecule has 0 aliphatic rings. The molecule has 0 saturated heterocycles. The minimum Gasteiger partial charge on any atom is -0.480 e. The number of nitrogens with zero attached hydrogens (tertiary/aromatic N) is 1. The smallest absolute Gasteiger partial charge is 0.320 e. The van der Waals surface area contributed by atoms with Crippen LogP contribution in [0.3, 0.4) is 0 Å². The Morgan fingerprint density at radius 2 is 1.82 bits per heavy atom. The van der Waals surface area contributed by atoms with Crippen molar-refractivity contribution in [3.05, 3.63) is 29.8 Å². The third-order valence-corrected chi connectivity index (χ3v) is 2.84. The van der Waals surface area contributed by atoms with E-state index in [1.165, 1.54) is 0 Å². The lowest BCUT2D eigenvalue weighted by Crippen LogP contribution is -2.32. The van der Waals surface area contributed by atoms with Gasteiger partial charge in [-0.2, -0.15) is 0 Å². The van der Waals surface area contributed by atoms with Crippen molar-refractivity contribution in [2.75, 3.05) is 18.0 Å². The number of nitrogens with two attached hydrogens (primary N) is 1. The number of carbonyl (C=O) groups is 1. The highest BCUT2D eigenvalue weighted by Crippen LogP contribution is 2.15. The van der Waals surface area contributed by atoms with Crippen molar-refractivity contribution in [3.63, 3.8) is 0 Å². The fourth-order valence-electron chi connectivity index (χ4n) is 1.77. The summed E-state index contributed by atoms with van der Waals surface area (Å²) in [5.41, 5.74) is 7.60. The number of aliphatic carboxylic acids is 1. The third-order valence-electron chi connectivity index (χ3n) is 2.84. The van der Waals surface area contributed by atoms with Gasteiger partial charge in [-0.3, -0.25) is 4.79 Å². The molecule has 0 fully saturated rings. The summed E-state index contributed by atoms with van der Waals surface area (Å²) >= 11 is 0. The lowest BCUT2D eigenvalue weighted by molar-refractivity contribution is -0.138. The molecular weight excluding hydrogens is 216 g/mol. The van der Waals surface area contributed by atoms with Crippen LogP contribution in [0.1, 0.15) is 19.4 Å². The van der Waals surface area contributed by atoms with Gasteiger partial charge in [0.1, 0.15) is 6.04 Å². The first-order chi connectivity index (χ1) is 8.08. The van der Waals surface area contributed by atoms with Crippen molar-refractivity contribution in [1.29, 1.82) is 0 Å². The number of hydrogen-bond acceptors (Lipinski definition) is 3. The summed E-state index contributed by atoms with van der Waals surface area (Å²) < 4.78 is 0. The molecule has 0 aliphatic carbocycles. The Balaban J connectivity index is 2.71. The Kier molecular flexibility index (Phi) is 4.97. The molecule has 1 atom stereocenters. The number of carboxylic acids is 1. The maximum absolute atomic E-state index is 10.6. The number of anilines is 1. The molecule has 17 heavy (non-hydrogen) atoms. The average Bonchev–Trinajstić information content (AvgIpc) is 2.32. The van der Waals surface area contributed by atoms with Gasteiger partial charge >= 0.3 is 5.97 Å². The molecule has 0 bridgehead atoms. The van der Waals surface area contributed by atoms with E-state index in [1.54, 1.807) is 0 Å². The van der Waals surface area contributed by atoms with E-state index < -0.39 is 12.0 Å². The lowest BCUT2D eigenvalue weighted by atomic mass is 10.1. The summed E-state index contributed by atoms with van der Waals surface area (Å²) in [6.45, 7) is 6.14. The van der Waals surface area contributed by atoms with Crippen molar-refractivity contribution in [3.8, 4) is 0 Å². The first kappa shape index (κ1) is 13.5. The monoisotopic (exact) mass is 236 g/mol. The molecule has 1 rings (SSSR count). The van der Waals surface area contributed by atoms with Crippen molar-refractivity contribution >= 4 is 11.7 Å². The van der Waals surface area contributed by atoms with Crippen LogP contribution >= 0.6 is 0 Å². The summed E-state index contributed by atoms with van der Waals surface area (Å²) in [7, 11) is 0. The number of carboxylic acid groups (broad SMARTS) is 1. The van der Waals surface area contributed by atoms with Crippen molar-refractivity contribution < 1.29 is 9.90 Å². The van der Waals surface area contributed by atoms with Gasteiger partial charge in [-0.1, -0.05) is 12.1 Å². The Morgan fingerprint density at radius 3 is 2.24 bits per heavy atom. The van der Waals surface area contributed by atoms with Crippen LogP contribution in [0.25, 0.3) is 0 Å². The van der Waals surface area contributed by atoms with E-state index in [-0.39, 0.29) is 0 Å². The van der Waals surface area contributed by atoms with Crippen molar-refractivity contribution in [2.24, 2.45) is 5.73 Å². The summed E-state index contributed by atoms with van der Waals surface area (Å²) in [5, 5.41) is 8.73. The second-order valence-corrected chi connectivity index (χ2v) is 3.99.